The van der Waals surface area contributed by atoms with Crippen LogP contribution in [0.4, 0.5) is 0 Å². The van der Waals surface area contributed by atoms with E-state index in [4.69, 9.17) is 4.42 Å². The summed E-state index contributed by atoms with van der Waals surface area (Å²) < 4.78 is 5.42. The Morgan fingerprint density at radius 1 is 1.11 bits per heavy atom. The largest absolute Gasteiger partial charge is 0.457 e. The van der Waals surface area contributed by atoms with E-state index in [9.17, 15) is 9.59 Å². The summed E-state index contributed by atoms with van der Waals surface area (Å²) in [5.74, 6) is 0.266. The smallest absolute Gasteiger partial charge is 0.231 e. The zero-order valence-corrected chi connectivity index (χ0v) is 10.3. The first kappa shape index (κ1) is 10.9. The van der Waals surface area contributed by atoms with E-state index >= 15 is 0 Å². The van der Waals surface area contributed by atoms with Crippen molar-refractivity contribution in [3.63, 3.8) is 0 Å². The molecule has 0 fully saturated rings. The summed E-state index contributed by atoms with van der Waals surface area (Å²) in [4.78, 5) is 28.7. The van der Waals surface area contributed by atoms with Gasteiger partial charge in [-0.1, -0.05) is 0 Å². The molecule has 1 aliphatic carbocycles. The van der Waals surface area contributed by atoms with Gasteiger partial charge >= 0.3 is 0 Å². The first-order valence-electron chi connectivity index (χ1n) is 5.66. The maximum atomic E-state index is 12.3. The van der Waals surface area contributed by atoms with Crippen LogP contribution in [0.1, 0.15) is 49.1 Å². The summed E-state index contributed by atoms with van der Waals surface area (Å²) in [5, 5.41) is 0. The zero-order valence-electron chi connectivity index (χ0n) is 10.3. The van der Waals surface area contributed by atoms with Crippen molar-refractivity contribution >= 4 is 11.6 Å². The van der Waals surface area contributed by atoms with Crippen molar-refractivity contribution in [2.75, 3.05) is 0 Å². The lowest BCUT2D eigenvalue weighted by Crippen LogP contribution is -2.21. The van der Waals surface area contributed by atoms with Crippen molar-refractivity contribution in [1.82, 2.24) is 4.98 Å². The Balaban J connectivity index is 2.35. The Bertz CT molecular complexity index is 710. The van der Waals surface area contributed by atoms with E-state index in [0.29, 0.717) is 16.9 Å². The lowest BCUT2D eigenvalue weighted by molar-refractivity contribution is 0.0956. The number of rotatable bonds is 0. The number of pyridine rings is 1. The highest BCUT2D eigenvalue weighted by Crippen LogP contribution is 2.31. The van der Waals surface area contributed by atoms with Crippen molar-refractivity contribution in [1.29, 1.82) is 0 Å². The van der Waals surface area contributed by atoms with Gasteiger partial charge in [0.05, 0.1) is 11.1 Å². The van der Waals surface area contributed by atoms with E-state index < -0.39 is 0 Å². The molecule has 4 nitrogen and oxygen atoms in total. The van der Waals surface area contributed by atoms with E-state index in [1.54, 1.807) is 26.1 Å². The molecule has 2 heterocycles. The van der Waals surface area contributed by atoms with Crippen LogP contribution in [-0.2, 0) is 0 Å². The predicted molar refractivity (Wildman–Crippen MR) is 64.0 cm³/mol. The number of nitrogens with zero attached hydrogens (tertiary/aromatic N) is 1. The Morgan fingerprint density at radius 2 is 1.83 bits per heavy atom. The number of hydrogen-bond donors (Lipinski definition) is 0. The van der Waals surface area contributed by atoms with E-state index in [1.807, 2.05) is 6.92 Å². The molecule has 0 bridgehead atoms. The Labute approximate surface area is 104 Å². The molecule has 0 spiro atoms. The van der Waals surface area contributed by atoms with Gasteiger partial charge in [-0.15, -0.1) is 0 Å². The number of ketones is 2. The average Bonchev–Trinajstić information content (AvgIpc) is 2.63. The summed E-state index contributed by atoms with van der Waals surface area (Å²) in [6, 6.07) is 1.68. The highest BCUT2D eigenvalue weighted by atomic mass is 16.3. The van der Waals surface area contributed by atoms with Crippen LogP contribution < -0.4 is 0 Å². The zero-order chi connectivity index (χ0) is 13.0. The van der Waals surface area contributed by atoms with Crippen molar-refractivity contribution < 1.29 is 14.0 Å². The van der Waals surface area contributed by atoms with E-state index in [0.717, 1.165) is 11.1 Å². The van der Waals surface area contributed by atoms with Gasteiger partial charge < -0.3 is 4.42 Å². The minimum Gasteiger partial charge on any atom is -0.457 e. The molecule has 4 heteroatoms. The summed E-state index contributed by atoms with van der Waals surface area (Å²) in [6.07, 6.45) is 1.59. The van der Waals surface area contributed by atoms with Crippen LogP contribution in [0, 0.1) is 20.8 Å². The molecule has 0 N–H and O–H groups in total. The molecule has 2 aromatic heterocycles. The molecule has 18 heavy (non-hydrogen) atoms. The van der Waals surface area contributed by atoms with Crippen molar-refractivity contribution in [2.24, 2.45) is 0 Å². The standard InChI is InChI=1S/C14H11NO3/c1-6-4-9-11(15-5-6)13(17)10-7(2)8(3)18-14(10)12(9)16/h4-5H,1-3H3. The first-order chi connectivity index (χ1) is 8.50. The number of carbonyl (C=O) groups excluding carboxylic acids is 2. The number of fused-ring (bicyclic) bond motifs is 2. The van der Waals surface area contributed by atoms with Crippen molar-refractivity contribution in [3.05, 3.63) is 51.7 Å². The minimum atomic E-state index is -0.257. The summed E-state index contributed by atoms with van der Waals surface area (Å²) >= 11 is 0. The van der Waals surface area contributed by atoms with Gasteiger partial charge in [-0.05, 0) is 32.4 Å². The van der Waals surface area contributed by atoms with Crippen molar-refractivity contribution in [2.45, 2.75) is 20.8 Å². The topological polar surface area (TPSA) is 60.2 Å². The number of furan rings is 1. The third-order valence-electron chi connectivity index (χ3n) is 3.30. The van der Waals surface area contributed by atoms with Crippen LogP contribution in [0.2, 0.25) is 0 Å². The molecule has 0 aromatic carbocycles. The van der Waals surface area contributed by atoms with Crippen LogP contribution in [-0.4, -0.2) is 16.6 Å². The highest BCUT2D eigenvalue weighted by molar-refractivity contribution is 6.27. The molecule has 1 aliphatic rings. The fourth-order valence-electron chi connectivity index (χ4n) is 2.22. The van der Waals surface area contributed by atoms with Gasteiger partial charge in [-0.2, -0.15) is 0 Å². The maximum absolute atomic E-state index is 12.3. The van der Waals surface area contributed by atoms with E-state index in [1.165, 1.54) is 0 Å². The first-order valence-corrected chi connectivity index (χ1v) is 5.66. The fourth-order valence-corrected chi connectivity index (χ4v) is 2.22. The van der Waals surface area contributed by atoms with Crippen LogP contribution >= 0.6 is 0 Å². The lowest BCUT2D eigenvalue weighted by atomic mass is 9.89. The number of carbonyl (C=O) groups is 2. The normalized spacial score (nSPS) is 13.5. The molecule has 0 saturated carbocycles. The molecule has 0 amide bonds. The molecule has 90 valence electrons. The van der Waals surface area contributed by atoms with Gasteiger partial charge in [-0.25, -0.2) is 0 Å². The minimum absolute atomic E-state index is 0.148. The van der Waals surface area contributed by atoms with E-state index in [2.05, 4.69) is 4.98 Å². The second kappa shape index (κ2) is 3.38. The Kier molecular flexibility index (Phi) is 2.05. The lowest BCUT2D eigenvalue weighted by Gasteiger charge is -2.12. The fraction of sp³-hybridized carbons (Fsp3) is 0.214. The molecule has 0 atom stereocenters. The molecule has 0 aliphatic heterocycles. The van der Waals surface area contributed by atoms with Gasteiger partial charge in [0.1, 0.15) is 11.5 Å². The monoisotopic (exact) mass is 241 g/mol. The second-order valence-electron chi connectivity index (χ2n) is 4.55. The SMILES string of the molecule is Cc1cnc2c(c1)C(=O)c1oc(C)c(C)c1C2=O. The van der Waals surface area contributed by atoms with Gasteiger partial charge in [0.15, 0.2) is 5.76 Å². The molecule has 0 radical (unpaired) electrons. The molecule has 0 saturated heterocycles. The van der Waals surface area contributed by atoms with Gasteiger partial charge in [0, 0.05) is 11.8 Å². The van der Waals surface area contributed by atoms with Gasteiger partial charge in [-0.3, -0.25) is 14.6 Å². The molecular formula is C14H11NO3. The summed E-state index contributed by atoms with van der Waals surface area (Å²) in [7, 11) is 0. The number of aryl methyl sites for hydroxylation is 2. The van der Waals surface area contributed by atoms with Crippen LogP contribution in [0.25, 0.3) is 0 Å². The van der Waals surface area contributed by atoms with Crippen LogP contribution in [0.5, 0.6) is 0 Å². The Morgan fingerprint density at radius 3 is 2.56 bits per heavy atom. The Hall–Kier alpha value is -2.23. The average molecular weight is 241 g/mol. The van der Waals surface area contributed by atoms with Gasteiger partial charge in [0.2, 0.25) is 11.6 Å². The maximum Gasteiger partial charge on any atom is 0.231 e. The third-order valence-corrected chi connectivity index (χ3v) is 3.30. The van der Waals surface area contributed by atoms with Crippen LogP contribution in [0.3, 0.4) is 0 Å². The number of aromatic nitrogens is 1. The quantitative estimate of drug-likeness (QED) is 0.606. The predicted octanol–water partition coefficient (Wildman–Crippen LogP) is 2.38. The van der Waals surface area contributed by atoms with Crippen LogP contribution in [0.15, 0.2) is 16.7 Å². The van der Waals surface area contributed by atoms with Crippen molar-refractivity contribution in [3.8, 4) is 0 Å². The number of hydrogen-bond acceptors (Lipinski definition) is 4. The molecule has 0 unspecified atom stereocenters. The summed E-state index contributed by atoms with van der Waals surface area (Å²) in [5.41, 5.74) is 2.49. The third kappa shape index (κ3) is 1.23. The molecular weight excluding hydrogens is 230 g/mol. The van der Waals surface area contributed by atoms with Gasteiger partial charge in [0.25, 0.3) is 0 Å². The summed E-state index contributed by atoms with van der Waals surface area (Å²) in [6.45, 7) is 5.36. The molecule has 3 rings (SSSR count). The van der Waals surface area contributed by atoms with E-state index in [-0.39, 0.29) is 23.0 Å². The molecule has 2 aromatic rings. The second-order valence-corrected chi connectivity index (χ2v) is 4.55. The highest BCUT2D eigenvalue weighted by Gasteiger charge is 2.36.